The minimum Gasteiger partial charge on any atom is -0.434 e. The number of nitro groups is 1. The van der Waals surface area contributed by atoms with Crippen molar-refractivity contribution in [2.75, 3.05) is 11.9 Å². The molecule has 0 saturated carbocycles. The van der Waals surface area contributed by atoms with E-state index in [4.69, 9.17) is 4.74 Å². The second-order valence-electron chi connectivity index (χ2n) is 9.98. The average molecular weight is 499 g/mol. The van der Waals surface area contributed by atoms with Gasteiger partial charge in [0.1, 0.15) is 12.1 Å². The van der Waals surface area contributed by atoms with E-state index in [-0.39, 0.29) is 17.4 Å². The van der Waals surface area contributed by atoms with Crippen LogP contribution in [0, 0.1) is 10.1 Å². The molecule has 36 heavy (non-hydrogen) atoms. The summed E-state index contributed by atoms with van der Waals surface area (Å²) in [5.41, 5.74) is 0.950. The van der Waals surface area contributed by atoms with Crippen molar-refractivity contribution >= 4 is 11.5 Å². The van der Waals surface area contributed by atoms with Crippen LogP contribution in [0.5, 0.6) is 11.6 Å². The van der Waals surface area contributed by atoms with Gasteiger partial charge in [0.25, 0.3) is 0 Å². The third kappa shape index (κ3) is 11.4. The summed E-state index contributed by atoms with van der Waals surface area (Å²) in [5, 5.41) is 14.9. The van der Waals surface area contributed by atoms with Gasteiger partial charge in [-0.25, -0.2) is 4.98 Å². The number of aromatic nitrogens is 2. The smallest absolute Gasteiger partial charge is 0.373 e. The van der Waals surface area contributed by atoms with Crippen molar-refractivity contribution in [2.45, 2.75) is 117 Å². The van der Waals surface area contributed by atoms with Gasteiger partial charge < -0.3 is 10.1 Å². The van der Waals surface area contributed by atoms with Crippen molar-refractivity contribution in [3.63, 3.8) is 0 Å². The first-order valence-electron chi connectivity index (χ1n) is 14.0. The van der Waals surface area contributed by atoms with Crippen molar-refractivity contribution in [2.24, 2.45) is 0 Å². The van der Waals surface area contributed by atoms with Gasteiger partial charge in [-0.05, 0) is 30.0 Å². The van der Waals surface area contributed by atoms with Gasteiger partial charge in [0, 0.05) is 6.54 Å². The lowest BCUT2D eigenvalue weighted by Gasteiger charge is -2.10. The van der Waals surface area contributed by atoms with Crippen molar-refractivity contribution < 1.29 is 9.66 Å². The highest BCUT2D eigenvalue weighted by Gasteiger charge is 2.24. The van der Waals surface area contributed by atoms with Crippen molar-refractivity contribution in [3.8, 4) is 11.6 Å². The molecule has 0 unspecified atom stereocenters. The molecular weight excluding hydrogens is 452 g/mol. The summed E-state index contributed by atoms with van der Waals surface area (Å²) in [4.78, 5) is 19.4. The lowest BCUT2D eigenvalue weighted by atomic mass is 10.0. The summed E-state index contributed by atoms with van der Waals surface area (Å²) in [6.45, 7) is 7.13. The second kappa shape index (κ2) is 17.7. The van der Waals surface area contributed by atoms with Crippen LogP contribution in [0.2, 0.25) is 0 Å². The van der Waals surface area contributed by atoms with Crippen LogP contribution in [-0.2, 0) is 0 Å². The van der Waals surface area contributed by atoms with Crippen LogP contribution in [0.4, 0.5) is 11.5 Å². The zero-order valence-electron chi connectivity index (χ0n) is 22.6. The zero-order valence-corrected chi connectivity index (χ0v) is 22.6. The highest BCUT2D eigenvalue weighted by Crippen LogP contribution is 2.34. The Kier molecular flexibility index (Phi) is 14.5. The molecule has 0 fully saturated rings. The van der Waals surface area contributed by atoms with E-state index in [2.05, 4.69) is 36.1 Å². The maximum atomic E-state index is 11.7. The molecule has 7 heteroatoms. The van der Waals surface area contributed by atoms with E-state index in [9.17, 15) is 10.1 Å². The minimum atomic E-state index is -0.481. The molecule has 0 saturated heterocycles. The predicted molar refractivity (Wildman–Crippen MR) is 148 cm³/mol. The molecule has 2 rings (SSSR count). The lowest BCUT2D eigenvalue weighted by Crippen LogP contribution is -2.08. The Morgan fingerprint density at radius 3 is 1.86 bits per heavy atom. The quantitative estimate of drug-likeness (QED) is 0.111. The molecule has 1 aromatic heterocycles. The lowest BCUT2D eigenvalue weighted by molar-refractivity contribution is -0.385. The molecule has 1 aromatic carbocycles. The average Bonchev–Trinajstić information content (AvgIpc) is 2.86. The molecule has 0 radical (unpaired) electrons. The van der Waals surface area contributed by atoms with E-state index in [0.29, 0.717) is 18.2 Å². The first kappa shape index (κ1) is 29.5. The van der Waals surface area contributed by atoms with Crippen molar-refractivity contribution in [1.29, 1.82) is 0 Å². The fourth-order valence-corrected chi connectivity index (χ4v) is 4.29. The number of unbranched alkanes of at least 4 members (excludes halogenated alkanes) is 13. The third-order valence-electron chi connectivity index (χ3n) is 6.56. The zero-order chi connectivity index (χ0) is 26.0. The normalized spacial score (nSPS) is 11.1. The molecular formula is C29H46N4O3. The molecule has 0 aliphatic heterocycles. The van der Waals surface area contributed by atoms with E-state index in [1.54, 1.807) is 0 Å². The Balaban J connectivity index is 1.65. The van der Waals surface area contributed by atoms with Gasteiger partial charge >= 0.3 is 11.6 Å². The van der Waals surface area contributed by atoms with E-state index in [0.717, 1.165) is 12.8 Å². The van der Waals surface area contributed by atoms with Gasteiger partial charge in [-0.3, -0.25) is 10.1 Å². The summed E-state index contributed by atoms with van der Waals surface area (Å²) in [5.74, 6) is 1.08. The first-order valence-corrected chi connectivity index (χ1v) is 14.0. The highest BCUT2D eigenvalue weighted by atomic mass is 16.6. The molecule has 1 heterocycles. The molecule has 0 aliphatic carbocycles. The summed E-state index contributed by atoms with van der Waals surface area (Å²) in [6, 6.07) is 7.54. The van der Waals surface area contributed by atoms with Crippen LogP contribution < -0.4 is 10.1 Å². The van der Waals surface area contributed by atoms with Crippen molar-refractivity contribution in [3.05, 3.63) is 46.3 Å². The molecule has 0 bridgehead atoms. The molecule has 0 aliphatic rings. The van der Waals surface area contributed by atoms with E-state index in [1.807, 2.05) is 24.3 Å². The minimum absolute atomic E-state index is 0.0456. The number of hydrogen-bond donors (Lipinski definition) is 1. The third-order valence-corrected chi connectivity index (χ3v) is 6.56. The topological polar surface area (TPSA) is 90.2 Å². The van der Waals surface area contributed by atoms with Crippen LogP contribution in [0.1, 0.15) is 122 Å². The molecule has 0 atom stereocenters. The number of rotatable bonds is 20. The van der Waals surface area contributed by atoms with Crippen LogP contribution >= 0.6 is 0 Å². The van der Waals surface area contributed by atoms with Gasteiger partial charge in [0.15, 0.2) is 0 Å². The second-order valence-corrected chi connectivity index (χ2v) is 9.98. The number of hydrogen-bond acceptors (Lipinski definition) is 6. The molecule has 0 amide bonds. The largest absolute Gasteiger partial charge is 0.434 e. The predicted octanol–water partition coefficient (Wildman–Crippen LogP) is 9.19. The summed E-state index contributed by atoms with van der Waals surface area (Å²) < 4.78 is 5.74. The molecule has 2 aromatic rings. The van der Waals surface area contributed by atoms with Gasteiger partial charge in [0.05, 0.1) is 4.92 Å². The maximum Gasteiger partial charge on any atom is 0.373 e. The number of anilines is 1. The van der Waals surface area contributed by atoms with Gasteiger partial charge in [-0.2, -0.15) is 4.98 Å². The summed E-state index contributed by atoms with van der Waals surface area (Å²) in [6.07, 6.45) is 19.5. The SMILES string of the molecule is CCCCCCCCCCCCCCCCNc1ncnc(Oc2ccc(C(C)C)cc2)c1[N+](=O)[O-]. The molecule has 1 N–H and O–H groups in total. The van der Waals surface area contributed by atoms with Crippen LogP contribution in [0.3, 0.4) is 0 Å². The number of nitrogens with one attached hydrogen (secondary N) is 1. The van der Waals surface area contributed by atoms with E-state index in [1.165, 1.54) is 88.9 Å². The fraction of sp³-hybridized carbons (Fsp3) is 0.655. The van der Waals surface area contributed by atoms with Gasteiger partial charge in [-0.15, -0.1) is 0 Å². The Labute approximate surface area is 217 Å². The van der Waals surface area contributed by atoms with Crippen LogP contribution in [-0.4, -0.2) is 21.4 Å². The fourth-order valence-electron chi connectivity index (χ4n) is 4.29. The van der Waals surface area contributed by atoms with Gasteiger partial charge in [-0.1, -0.05) is 116 Å². The highest BCUT2D eigenvalue weighted by molar-refractivity contribution is 5.61. The maximum absolute atomic E-state index is 11.7. The molecule has 0 spiro atoms. The first-order chi connectivity index (χ1) is 17.5. The molecule has 200 valence electrons. The number of ether oxygens (including phenoxy) is 1. The Bertz CT molecular complexity index is 871. The monoisotopic (exact) mass is 498 g/mol. The van der Waals surface area contributed by atoms with E-state index < -0.39 is 4.92 Å². The van der Waals surface area contributed by atoms with Crippen LogP contribution in [0.25, 0.3) is 0 Å². The standard InChI is InChI=1S/C29H46N4O3/c1-4-5-6-7-8-9-10-11-12-13-14-15-16-17-22-30-28-27(33(34)35)29(32-23-31-28)36-26-20-18-25(19-21-26)24(2)3/h18-21,23-24H,4-17,22H2,1-3H3,(H,30,31,32). The Hall–Kier alpha value is -2.70. The van der Waals surface area contributed by atoms with E-state index >= 15 is 0 Å². The number of benzene rings is 1. The van der Waals surface area contributed by atoms with Gasteiger partial charge in [0.2, 0.25) is 5.82 Å². The number of nitrogens with zero attached hydrogens (tertiary/aromatic N) is 3. The van der Waals surface area contributed by atoms with Crippen LogP contribution in [0.15, 0.2) is 30.6 Å². The summed E-state index contributed by atoms with van der Waals surface area (Å²) >= 11 is 0. The molecule has 7 nitrogen and oxygen atoms in total. The Morgan fingerprint density at radius 2 is 1.36 bits per heavy atom. The Morgan fingerprint density at radius 1 is 0.833 bits per heavy atom. The van der Waals surface area contributed by atoms with Crippen molar-refractivity contribution in [1.82, 2.24) is 9.97 Å². The summed E-state index contributed by atoms with van der Waals surface area (Å²) in [7, 11) is 0.